The molecule has 2 unspecified atom stereocenters. The molecule has 0 amide bonds. The first kappa shape index (κ1) is 19.8. The SMILES string of the molecule is CN=C(NCC1CCCO1)NC(C)c1ccc(Cl)cc1Cl.I. The fraction of sp³-hybridized carbons (Fsp3) is 0.533. The topological polar surface area (TPSA) is 45.7 Å². The molecule has 1 saturated heterocycles. The lowest BCUT2D eigenvalue weighted by Crippen LogP contribution is -2.42. The van der Waals surface area contributed by atoms with Crippen molar-refractivity contribution in [2.45, 2.75) is 31.9 Å². The number of nitrogens with one attached hydrogen (secondary N) is 2. The van der Waals surface area contributed by atoms with Crippen molar-refractivity contribution in [3.63, 3.8) is 0 Å². The molecule has 1 aromatic rings. The Morgan fingerprint density at radius 2 is 2.23 bits per heavy atom. The number of guanidine groups is 1. The van der Waals surface area contributed by atoms with Crippen LogP contribution >= 0.6 is 47.2 Å². The molecule has 2 N–H and O–H groups in total. The summed E-state index contributed by atoms with van der Waals surface area (Å²) in [7, 11) is 1.75. The Hall–Kier alpha value is -0.240. The number of hydrogen-bond donors (Lipinski definition) is 2. The normalized spacial score (nSPS) is 19.5. The third-order valence-corrected chi connectivity index (χ3v) is 4.09. The van der Waals surface area contributed by atoms with Crippen LogP contribution < -0.4 is 10.6 Å². The van der Waals surface area contributed by atoms with Crippen molar-refractivity contribution in [1.82, 2.24) is 10.6 Å². The third-order valence-electron chi connectivity index (χ3n) is 3.53. The van der Waals surface area contributed by atoms with E-state index in [0.29, 0.717) is 10.0 Å². The number of aliphatic imine (C=N–C) groups is 1. The third kappa shape index (κ3) is 5.76. The first-order valence-corrected chi connectivity index (χ1v) is 7.89. The van der Waals surface area contributed by atoms with Crippen molar-refractivity contribution >= 4 is 53.1 Å². The minimum Gasteiger partial charge on any atom is -0.376 e. The van der Waals surface area contributed by atoms with E-state index in [4.69, 9.17) is 27.9 Å². The molecule has 1 heterocycles. The first-order valence-electron chi connectivity index (χ1n) is 7.14. The second-order valence-electron chi connectivity index (χ2n) is 5.12. The molecule has 0 aromatic heterocycles. The van der Waals surface area contributed by atoms with Crippen LogP contribution in [0.15, 0.2) is 23.2 Å². The zero-order valence-electron chi connectivity index (χ0n) is 12.7. The van der Waals surface area contributed by atoms with E-state index in [1.165, 1.54) is 0 Å². The lowest BCUT2D eigenvalue weighted by atomic mass is 10.1. The van der Waals surface area contributed by atoms with Crippen molar-refractivity contribution in [3.05, 3.63) is 33.8 Å². The summed E-state index contributed by atoms with van der Waals surface area (Å²) in [6.07, 6.45) is 2.51. The van der Waals surface area contributed by atoms with E-state index < -0.39 is 0 Å². The maximum atomic E-state index is 6.23. The molecule has 1 aliphatic heterocycles. The highest BCUT2D eigenvalue weighted by Crippen LogP contribution is 2.25. The van der Waals surface area contributed by atoms with Gasteiger partial charge in [0.2, 0.25) is 0 Å². The molecule has 2 rings (SSSR count). The lowest BCUT2D eigenvalue weighted by molar-refractivity contribution is 0.113. The van der Waals surface area contributed by atoms with Gasteiger partial charge in [-0.25, -0.2) is 0 Å². The van der Waals surface area contributed by atoms with Gasteiger partial charge in [-0.15, -0.1) is 24.0 Å². The highest BCUT2D eigenvalue weighted by molar-refractivity contribution is 14.0. The Balaban J connectivity index is 0.00000242. The maximum absolute atomic E-state index is 6.23. The van der Waals surface area contributed by atoms with Crippen LogP contribution in [-0.2, 0) is 4.74 Å². The standard InChI is InChI=1S/C15H21Cl2N3O.HI/c1-10(13-6-5-11(16)8-14(13)17)20-15(18-2)19-9-12-4-3-7-21-12;/h5-6,8,10,12H,3-4,7,9H2,1-2H3,(H2,18,19,20);1H. The Morgan fingerprint density at radius 1 is 1.45 bits per heavy atom. The fourth-order valence-corrected chi connectivity index (χ4v) is 2.92. The summed E-state index contributed by atoms with van der Waals surface area (Å²) in [5, 5.41) is 7.90. The average molecular weight is 458 g/mol. The molecule has 0 spiro atoms. The fourth-order valence-electron chi connectivity index (χ4n) is 2.35. The Labute approximate surface area is 159 Å². The summed E-state index contributed by atoms with van der Waals surface area (Å²) < 4.78 is 5.59. The van der Waals surface area contributed by atoms with Crippen LogP contribution in [0.5, 0.6) is 0 Å². The van der Waals surface area contributed by atoms with E-state index in [-0.39, 0.29) is 36.1 Å². The van der Waals surface area contributed by atoms with Gasteiger partial charge in [-0.3, -0.25) is 4.99 Å². The molecule has 1 fully saturated rings. The minimum atomic E-state index is 0. The molecule has 22 heavy (non-hydrogen) atoms. The number of ether oxygens (including phenoxy) is 1. The molecule has 0 bridgehead atoms. The summed E-state index contributed by atoms with van der Waals surface area (Å²) in [6, 6.07) is 5.55. The van der Waals surface area contributed by atoms with E-state index in [1.54, 1.807) is 13.1 Å². The molecule has 0 saturated carbocycles. The van der Waals surface area contributed by atoms with Crippen LogP contribution in [-0.4, -0.2) is 32.3 Å². The molecule has 0 radical (unpaired) electrons. The van der Waals surface area contributed by atoms with Crippen LogP contribution in [0, 0.1) is 0 Å². The van der Waals surface area contributed by atoms with Crippen LogP contribution in [0.2, 0.25) is 10.0 Å². The van der Waals surface area contributed by atoms with Crippen molar-refractivity contribution in [2.24, 2.45) is 4.99 Å². The van der Waals surface area contributed by atoms with Crippen molar-refractivity contribution in [2.75, 3.05) is 20.2 Å². The predicted octanol–water partition coefficient (Wildman–Crippen LogP) is 4.02. The first-order chi connectivity index (χ1) is 10.1. The van der Waals surface area contributed by atoms with E-state index in [9.17, 15) is 0 Å². The molecule has 2 atom stereocenters. The van der Waals surface area contributed by atoms with Crippen molar-refractivity contribution in [1.29, 1.82) is 0 Å². The predicted molar refractivity (Wildman–Crippen MR) is 104 cm³/mol. The zero-order chi connectivity index (χ0) is 15.2. The Bertz CT molecular complexity index is 508. The molecular weight excluding hydrogens is 436 g/mol. The average Bonchev–Trinajstić information content (AvgIpc) is 2.96. The van der Waals surface area contributed by atoms with E-state index in [1.807, 2.05) is 19.1 Å². The quantitative estimate of drug-likeness (QED) is 0.407. The second kappa shape index (κ2) is 9.80. The highest BCUT2D eigenvalue weighted by atomic mass is 127. The zero-order valence-corrected chi connectivity index (χ0v) is 16.6. The maximum Gasteiger partial charge on any atom is 0.191 e. The van der Waals surface area contributed by atoms with Gasteiger partial charge in [-0.2, -0.15) is 0 Å². The monoisotopic (exact) mass is 457 g/mol. The van der Waals surface area contributed by atoms with Crippen molar-refractivity contribution in [3.8, 4) is 0 Å². The van der Waals surface area contributed by atoms with Gasteiger partial charge in [0.05, 0.1) is 12.1 Å². The summed E-state index contributed by atoms with van der Waals surface area (Å²) in [5.41, 5.74) is 0.987. The molecule has 1 aliphatic rings. The number of benzene rings is 1. The van der Waals surface area contributed by atoms with Gasteiger partial charge in [0.25, 0.3) is 0 Å². The highest BCUT2D eigenvalue weighted by Gasteiger charge is 2.16. The summed E-state index contributed by atoms with van der Waals surface area (Å²) >= 11 is 12.1. The van der Waals surface area contributed by atoms with Crippen molar-refractivity contribution < 1.29 is 4.74 Å². The Kier molecular flexibility index (Phi) is 8.82. The van der Waals surface area contributed by atoms with Gasteiger partial charge >= 0.3 is 0 Å². The van der Waals surface area contributed by atoms with E-state index >= 15 is 0 Å². The summed E-state index contributed by atoms with van der Waals surface area (Å²) in [6.45, 7) is 3.66. The number of nitrogens with zero attached hydrogens (tertiary/aromatic N) is 1. The van der Waals surface area contributed by atoms with Gasteiger partial charge in [0.1, 0.15) is 0 Å². The molecular formula is C15H22Cl2IN3O. The van der Waals surface area contributed by atoms with E-state index in [2.05, 4.69) is 15.6 Å². The number of hydrogen-bond acceptors (Lipinski definition) is 2. The molecule has 1 aromatic carbocycles. The summed E-state index contributed by atoms with van der Waals surface area (Å²) in [5.74, 6) is 0.740. The smallest absolute Gasteiger partial charge is 0.191 e. The Morgan fingerprint density at radius 3 is 2.82 bits per heavy atom. The van der Waals surface area contributed by atoms with Crippen LogP contribution in [0.25, 0.3) is 0 Å². The number of halogens is 3. The van der Waals surface area contributed by atoms with Gasteiger partial charge in [-0.05, 0) is 37.5 Å². The molecule has 124 valence electrons. The summed E-state index contributed by atoms with van der Waals surface area (Å²) in [4.78, 5) is 4.23. The van der Waals surface area contributed by atoms with Gasteiger partial charge in [0, 0.05) is 30.2 Å². The van der Waals surface area contributed by atoms with Crippen LogP contribution in [0.4, 0.5) is 0 Å². The minimum absolute atomic E-state index is 0. The van der Waals surface area contributed by atoms with Gasteiger partial charge in [-0.1, -0.05) is 29.3 Å². The second-order valence-corrected chi connectivity index (χ2v) is 5.96. The number of rotatable bonds is 4. The lowest BCUT2D eigenvalue weighted by Gasteiger charge is -2.20. The van der Waals surface area contributed by atoms with Crippen LogP contribution in [0.1, 0.15) is 31.4 Å². The van der Waals surface area contributed by atoms with Crippen LogP contribution in [0.3, 0.4) is 0 Å². The molecule has 4 nitrogen and oxygen atoms in total. The van der Waals surface area contributed by atoms with Gasteiger partial charge in [0.15, 0.2) is 5.96 Å². The largest absolute Gasteiger partial charge is 0.376 e. The molecule has 0 aliphatic carbocycles. The van der Waals surface area contributed by atoms with E-state index in [0.717, 1.165) is 37.5 Å². The van der Waals surface area contributed by atoms with Gasteiger partial charge < -0.3 is 15.4 Å². The molecule has 7 heteroatoms.